The fourth-order valence-electron chi connectivity index (χ4n) is 1.86. The van der Waals surface area contributed by atoms with E-state index in [1.165, 1.54) is 25.8 Å². The van der Waals surface area contributed by atoms with Crippen molar-refractivity contribution in [2.24, 2.45) is 5.73 Å². The van der Waals surface area contributed by atoms with Gasteiger partial charge in [-0.3, -0.25) is 0 Å². The van der Waals surface area contributed by atoms with Crippen LogP contribution in [0.4, 0.5) is 0 Å². The molecule has 2 N–H and O–H groups in total. The number of nitrogens with two attached hydrogens (primary N) is 1. The third kappa shape index (κ3) is 2.69. The van der Waals surface area contributed by atoms with Crippen LogP contribution in [0, 0.1) is 17.4 Å². The standard InChI is InChI=1S/C15H16IN/c1-10-6-8-12(9-7-10)15(17)13-5-3-4-11(2)14(13)16/h3-9,15H,17H2,1-2H3. The summed E-state index contributed by atoms with van der Waals surface area (Å²) in [5.41, 5.74) is 11.2. The Kier molecular flexibility index (Phi) is 3.84. The highest BCUT2D eigenvalue weighted by molar-refractivity contribution is 14.1. The summed E-state index contributed by atoms with van der Waals surface area (Å²) in [6.07, 6.45) is 0. The van der Waals surface area contributed by atoms with Gasteiger partial charge in [0.15, 0.2) is 0 Å². The monoisotopic (exact) mass is 337 g/mol. The normalized spacial score (nSPS) is 12.5. The van der Waals surface area contributed by atoms with Gasteiger partial charge in [0.05, 0.1) is 6.04 Å². The molecule has 0 bridgehead atoms. The van der Waals surface area contributed by atoms with Gasteiger partial charge in [-0.2, -0.15) is 0 Å². The van der Waals surface area contributed by atoms with Crippen LogP contribution in [0.3, 0.4) is 0 Å². The van der Waals surface area contributed by atoms with E-state index in [0.29, 0.717) is 0 Å². The van der Waals surface area contributed by atoms with Crippen molar-refractivity contribution in [3.8, 4) is 0 Å². The maximum atomic E-state index is 6.33. The molecular formula is C15H16IN. The third-order valence-corrected chi connectivity index (χ3v) is 4.47. The highest BCUT2D eigenvalue weighted by Crippen LogP contribution is 2.26. The zero-order chi connectivity index (χ0) is 12.4. The first kappa shape index (κ1) is 12.6. The summed E-state index contributed by atoms with van der Waals surface area (Å²) < 4.78 is 1.26. The fourth-order valence-corrected chi connectivity index (χ4v) is 2.56. The van der Waals surface area contributed by atoms with Gasteiger partial charge in [0, 0.05) is 3.57 Å². The molecule has 0 aromatic heterocycles. The molecule has 0 aliphatic carbocycles. The summed E-state index contributed by atoms with van der Waals surface area (Å²) in [6, 6.07) is 14.7. The van der Waals surface area contributed by atoms with Crippen molar-refractivity contribution < 1.29 is 0 Å². The lowest BCUT2D eigenvalue weighted by atomic mass is 9.97. The van der Waals surface area contributed by atoms with Crippen molar-refractivity contribution in [1.29, 1.82) is 0 Å². The van der Waals surface area contributed by atoms with E-state index in [-0.39, 0.29) is 6.04 Å². The van der Waals surface area contributed by atoms with Crippen LogP contribution in [0.1, 0.15) is 28.3 Å². The molecule has 0 spiro atoms. The van der Waals surface area contributed by atoms with Gasteiger partial charge in [0.2, 0.25) is 0 Å². The minimum absolute atomic E-state index is 0.0394. The minimum atomic E-state index is -0.0394. The van der Waals surface area contributed by atoms with Crippen molar-refractivity contribution >= 4 is 22.6 Å². The zero-order valence-electron chi connectivity index (χ0n) is 10.1. The molecule has 0 radical (unpaired) electrons. The molecule has 2 rings (SSSR count). The van der Waals surface area contributed by atoms with Crippen LogP contribution in [0.25, 0.3) is 0 Å². The molecule has 2 aromatic rings. The average Bonchev–Trinajstić information content (AvgIpc) is 2.33. The molecular weight excluding hydrogens is 321 g/mol. The number of benzene rings is 2. The van der Waals surface area contributed by atoms with Crippen LogP contribution in [-0.4, -0.2) is 0 Å². The van der Waals surface area contributed by atoms with Gasteiger partial charge in [-0.05, 0) is 53.1 Å². The van der Waals surface area contributed by atoms with E-state index in [9.17, 15) is 0 Å². The molecule has 2 heteroatoms. The Morgan fingerprint density at radius 2 is 1.65 bits per heavy atom. The molecule has 0 saturated carbocycles. The molecule has 1 unspecified atom stereocenters. The van der Waals surface area contributed by atoms with Crippen LogP contribution >= 0.6 is 22.6 Å². The Morgan fingerprint density at radius 1 is 1.00 bits per heavy atom. The number of hydrogen-bond donors (Lipinski definition) is 1. The first-order valence-corrected chi connectivity index (χ1v) is 6.74. The highest BCUT2D eigenvalue weighted by atomic mass is 127. The van der Waals surface area contributed by atoms with Crippen LogP contribution in [0.2, 0.25) is 0 Å². The van der Waals surface area contributed by atoms with Gasteiger partial charge in [-0.15, -0.1) is 0 Å². The second kappa shape index (κ2) is 5.19. The van der Waals surface area contributed by atoms with Gasteiger partial charge in [-0.25, -0.2) is 0 Å². The Morgan fingerprint density at radius 3 is 2.29 bits per heavy atom. The molecule has 0 aliphatic heterocycles. The van der Waals surface area contributed by atoms with Crippen molar-refractivity contribution in [1.82, 2.24) is 0 Å². The van der Waals surface area contributed by atoms with E-state index in [2.05, 4.69) is 78.9 Å². The highest BCUT2D eigenvalue weighted by Gasteiger charge is 2.12. The molecule has 2 aromatic carbocycles. The molecule has 0 heterocycles. The Bertz CT molecular complexity index is 517. The lowest BCUT2D eigenvalue weighted by Crippen LogP contribution is -2.13. The van der Waals surface area contributed by atoms with Gasteiger partial charge in [-0.1, -0.05) is 48.0 Å². The van der Waals surface area contributed by atoms with Crippen LogP contribution < -0.4 is 5.73 Å². The van der Waals surface area contributed by atoms with Gasteiger partial charge < -0.3 is 5.73 Å². The molecule has 88 valence electrons. The van der Waals surface area contributed by atoms with Crippen LogP contribution in [0.15, 0.2) is 42.5 Å². The van der Waals surface area contributed by atoms with Crippen molar-refractivity contribution in [2.75, 3.05) is 0 Å². The van der Waals surface area contributed by atoms with Crippen molar-refractivity contribution in [3.05, 3.63) is 68.3 Å². The Balaban J connectivity index is 2.40. The maximum absolute atomic E-state index is 6.33. The zero-order valence-corrected chi connectivity index (χ0v) is 12.2. The van der Waals surface area contributed by atoms with E-state index in [1.807, 2.05) is 0 Å². The predicted octanol–water partition coefficient (Wildman–Crippen LogP) is 3.96. The second-order valence-electron chi connectivity index (χ2n) is 4.37. The minimum Gasteiger partial charge on any atom is -0.320 e. The Hall–Kier alpha value is -0.870. The smallest absolute Gasteiger partial charge is 0.0562 e. The van der Waals surface area contributed by atoms with E-state index in [0.717, 1.165) is 0 Å². The maximum Gasteiger partial charge on any atom is 0.0562 e. The Labute approximate surface area is 116 Å². The van der Waals surface area contributed by atoms with E-state index < -0.39 is 0 Å². The van der Waals surface area contributed by atoms with E-state index >= 15 is 0 Å². The first-order valence-electron chi connectivity index (χ1n) is 5.67. The van der Waals surface area contributed by atoms with Crippen LogP contribution in [0.5, 0.6) is 0 Å². The predicted molar refractivity (Wildman–Crippen MR) is 81.1 cm³/mol. The molecule has 0 aliphatic rings. The average molecular weight is 337 g/mol. The first-order chi connectivity index (χ1) is 8.09. The molecule has 0 fully saturated rings. The molecule has 1 nitrogen and oxygen atoms in total. The summed E-state index contributed by atoms with van der Waals surface area (Å²) in [6.45, 7) is 4.21. The second-order valence-corrected chi connectivity index (χ2v) is 5.45. The van der Waals surface area contributed by atoms with Gasteiger partial charge in [0.25, 0.3) is 0 Å². The molecule has 17 heavy (non-hydrogen) atoms. The summed E-state index contributed by atoms with van der Waals surface area (Å²) in [7, 11) is 0. The number of rotatable bonds is 2. The lowest BCUT2D eigenvalue weighted by molar-refractivity contribution is 0.862. The van der Waals surface area contributed by atoms with Crippen molar-refractivity contribution in [2.45, 2.75) is 19.9 Å². The molecule has 0 saturated heterocycles. The number of hydrogen-bond acceptors (Lipinski definition) is 1. The van der Waals surface area contributed by atoms with Crippen LogP contribution in [-0.2, 0) is 0 Å². The van der Waals surface area contributed by atoms with Gasteiger partial charge >= 0.3 is 0 Å². The summed E-state index contributed by atoms with van der Waals surface area (Å²) in [5, 5.41) is 0. The lowest BCUT2D eigenvalue weighted by Gasteiger charge is -2.16. The largest absolute Gasteiger partial charge is 0.320 e. The van der Waals surface area contributed by atoms with Gasteiger partial charge in [0.1, 0.15) is 0 Å². The molecule has 0 amide bonds. The SMILES string of the molecule is Cc1ccc(C(N)c2cccc(C)c2I)cc1. The summed E-state index contributed by atoms with van der Waals surface area (Å²) >= 11 is 2.37. The van der Waals surface area contributed by atoms with E-state index in [1.54, 1.807) is 0 Å². The number of halogens is 1. The quantitative estimate of drug-likeness (QED) is 0.825. The number of aryl methyl sites for hydroxylation is 2. The fraction of sp³-hybridized carbons (Fsp3) is 0.200. The molecule has 1 atom stereocenters. The third-order valence-electron chi connectivity index (χ3n) is 2.99. The summed E-state index contributed by atoms with van der Waals surface area (Å²) in [5.74, 6) is 0. The van der Waals surface area contributed by atoms with Crippen molar-refractivity contribution in [3.63, 3.8) is 0 Å². The summed E-state index contributed by atoms with van der Waals surface area (Å²) in [4.78, 5) is 0. The van der Waals surface area contributed by atoms with E-state index in [4.69, 9.17) is 5.73 Å². The topological polar surface area (TPSA) is 26.0 Å².